The van der Waals surface area contributed by atoms with E-state index in [2.05, 4.69) is 14.7 Å². The van der Waals surface area contributed by atoms with Gasteiger partial charge in [0.05, 0.1) is 0 Å². The van der Waals surface area contributed by atoms with Gasteiger partial charge in [-0.1, -0.05) is 5.16 Å². The summed E-state index contributed by atoms with van der Waals surface area (Å²) in [7, 11) is 0. The Balaban J connectivity index is 2.84. The van der Waals surface area contributed by atoms with Gasteiger partial charge in [0.15, 0.2) is 11.1 Å². The first kappa shape index (κ1) is 11.0. The van der Waals surface area contributed by atoms with Gasteiger partial charge in [-0.3, -0.25) is 0 Å². The number of hydrogen-bond acceptors (Lipinski definition) is 5. The molecule has 0 fully saturated rings. The quantitative estimate of drug-likeness (QED) is 0.717. The number of aliphatic hydroxyl groups is 1. The van der Waals surface area contributed by atoms with E-state index >= 15 is 0 Å². The maximum Gasteiger partial charge on any atom is 0.251 e. The minimum atomic E-state index is -2.05. The summed E-state index contributed by atoms with van der Waals surface area (Å²) in [5.74, 6) is 0.199. The van der Waals surface area contributed by atoms with Crippen LogP contribution in [0.1, 0.15) is 25.6 Å². The molecule has 14 heavy (non-hydrogen) atoms. The number of rotatable bonds is 3. The summed E-state index contributed by atoms with van der Waals surface area (Å²) in [4.78, 5) is 3.79. The molecule has 0 aromatic carbocycles. The maximum atomic E-state index is 10.3. The molecular weight excluding hydrogens is 208 g/mol. The smallest absolute Gasteiger partial charge is 0.251 e. The zero-order valence-corrected chi connectivity index (χ0v) is 8.48. The number of nitrogens with zero attached hydrogens (tertiary/aromatic N) is 2. The molecule has 0 saturated heterocycles. The van der Waals surface area contributed by atoms with Gasteiger partial charge in [-0.25, -0.2) is 4.21 Å². The highest BCUT2D eigenvalue weighted by atomic mass is 32.2. The average molecular weight is 218 g/mol. The van der Waals surface area contributed by atoms with Crippen LogP contribution in [0.5, 0.6) is 0 Å². The van der Waals surface area contributed by atoms with Gasteiger partial charge in [0.2, 0.25) is 5.82 Å². The van der Waals surface area contributed by atoms with Crippen molar-refractivity contribution in [3.05, 3.63) is 17.1 Å². The van der Waals surface area contributed by atoms with Gasteiger partial charge >= 0.3 is 0 Å². The summed E-state index contributed by atoms with van der Waals surface area (Å²) < 4.78 is 23.4. The van der Waals surface area contributed by atoms with Crippen LogP contribution in [0.4, 0.5) is 0 Å². The highest BCUT2D eigenvalue weighted by Gasteiger charge is 2.22. The highest BCUT2D eigenvalue weighted by Crippen LogP contribution is 2.15. The van der Waals surface area contributed by atoms with E-state index in [9.17, 15) is 9.32 Å². The third kappa shape index (κ3) is 3.02. The van der Waals surface area contributed by atoms with E-state index in [0.29, 0.717) is 0 Å². The normalized spacial score (nSPS) is 14.9. The molecule has 0 aliphatic heterocycles. The molecule has 1 aromatic heterocycles. The second kappa shape index (κ2) is 3.99. The molecule has 6 nitrogen and oxygen atoms in total. The molecule has 1 aromatic rings. The Morgan fingerprint density at radius 3 is 2.64 bits per heavy atom. The van der Waals surface area contributed by atoms with E-state index in [0.717, 1.165) is 5.41 Å². The molecule has 2 N–H and O–H groups in total. The molecule has 1 rings (SSSR count). The van der Waals surface area contributed by atoms with Crippen molar-refractivity contribution < 1.29 is 18.4 Å². The Morgan fingerprint density at radius 1 is 1.57 bits per heavy atom. The minimum Gasteiger partial charge on any atom is -0.382 e. The Bertz CT molecular complexity index is 366. The fourth-order valence-corrected chi connectivity index (χ4v) is 0.901. The van der Waals surface area contributed by atoms with Crippen molar-refractivity contribution in [3.8, 4) is 0 Å². The summed E-state index contributed by atoms with van der Waals surface area (Å²) in [6.07, 6.45) is 1.21. The van der Waals surface area contributed by atoms with E-state index in [4.69, 9.17) is 4.55 Å². The molecule has 1 heterocycles. The van der Waals surface area contributed by atoms with E-state index < -0.39 is 16.7 Å². The van der Waals surface area contributed by atoms with Crippen molar-refractivity contribution in [1.82, 2.24) is 10.1 Å². The van der Waals surface area contributed by atoms with Crippen LogP contribution in [-0.2, 0) is 16.7 Å². The van der Waals surface area contributed by atoms with Crippen molar-refractivity contribution in [2.75, 3.05) is 0 Å². The summed E-state index contributed by atoms with van der Waals surface area (Å²) in [6.45, 7) is 3.02. The molecule has 0 spiro atoms. The summed E-state index contributed by atoms with van der Waals surface area (Å²) >= 11 is -2.05. The van der Waals surface area contributed by atoms with Gasteiger partial charge in [-0.15, -0.1) is 0 Å². The molecule has 0 aliphatic rings. The number of hydrogen-bond donors (Lipinski definition) is 2. The molecular formula is C7H10N2O4S. The van der Waals surface area contributed by atoms with Crippen LogP contribution in [0.15, 0.2) is 9.93 Å². The van der Waals surface area contributed by atoms with Crippen molar-refractivity contribution >= 4 is 17.2 Å². The summed E-state index contributed by atoms with van der Waals surface area (Å²) in [6, 6.07) is 0. The summed E-state index contributed by atoms with van der Waals surface area (Å²) in [5, 5.41) is 13.9. The Kier molecular flexibility index (Phi) is 3.14. The largest absolute Gasteiger partial charge is 0.382 e. The third-order valence-corrected chi connectivity index (χ3v) is 1.68. The van der Waals surface area contributed by atoms with Crippen molar-refractivity contribution in [2.45, 2.75) is 19.4 Å². The predicted molar refractivity (Wildman–Crippen MR) is 49.3 cm³/mol. The lowest BCUT2D eigenvalue weighted by molar-refractivity contribution is 0.0661. The molecule has 0 saturated carbocycles. The molecule has 0 bridgehead atoms. The highest BCUT2D eigenvalue weighted by molar-refractivity contribution is 7.82. The molecule has 78 valence electrons. The lowest BCUT2D eigenvalue weighted by atomic mass is 10.1. The van der Waals surface area contributed by atoms with Crippen molar-refractivity contribution in [2.24, 2.45) is 0 Å². The van der Waals surface area contributed by atoms with Gasteiger partial charge in [0, 0.05) is 11.5 Å². The Morgan fingerprint density at radius 2 is 2.21 bits per heavy atom. The monoisotopic (exact) mass is 218 g/mol. The second-order valence-corrected chi connectivity index (χ2v) is 3.92. The van der Waals surface area contributed by atoms with Crippen LogP contribution in [0.2, 0.25) is 0 Å². The van der Waals surface area contributed by atoms with E-state index in [1.165, 1.54) is 19.9 Å². The van der Waals surface area contributed by atoms with Crippen LogP contribution < -0.4 is 0 Å². The molecule has 1 atom stereocenters. The van der Waals surface area contributed by atoms with E-state index in [-0.39, 0.29) is 11.7 Å². The Labute approximate surface area is 82.9 Å². The molecule has 0 amide bonds. The van der Waals surface area contributed by atoms with Gasteiger partial charge < -0.3 is 14.2 Å². The predicted octanol–water partition coefficient (Wildman–Crippen LogP) is 0.489. The van der Waals surface area contributed by atoms with Crippen LogP contribution in [-0.4, -0.2) is 24.0 Å². The van der Waals surface area contributed by atoms with Gasteiger partial charge in [-0.2, -0.15) is 4.98 Å². The van der Waals surface area contributed by atoms with Crippen LogP contribution >= 0.6 is 0 Å². The third-order valence-electron chi connectivity index (χ3n) is 1.32. The van der Waals surface area contributed by atoms with E-state index in [1.807, 2.05) is 0 Å². The lowest BCUT2D eigenvalue weighted by Gasteiger charge is -2.09. The average Bonchev–Trinajstić information content (AvgIpc) is 2.47. The minimum absolute atomic E-state index is 0.0736. The fourth-order valence-electron chi connectivity index (χ4n) is 0.668. The standard InChI is InChI=1S/C7H10N2O4S/c1-7(2,10)6-8-5(13-9-6)3-4-14(11)12/h3-4,10H,1-2H3,(H,11,12)/b4-3+. The van der Waals surface area contributed by atoms with E-state index in [1.54, 1.807) is 0 Å². The molecule has 1 unspecified atom stereocenters. The van der Waals surface area contributed by atoms with Crippen LogP contribution in [0.3, 0.4) is 0 Å². The first-order valence-corrected chi connectivity index (χ1v) is 4.91. The van der Waals surface area contributed by atoms with Gasteiger partial charge in [-0.05, 0) is 13.8 Å². The molecule has 7 heteroatoms. The van der Waals surface area contributed by atoms with Crippen molar-refractivity contribution in [3.63, 3.8) is 0 Å². The fraction of sp³-hybridized carbons (Fsp3) is 0.429. The zero-order chi connectivity index (χ0) is 10.8. The topological polar surface area (TPSA) is 96.5 Å². The van der Waals surface area contributed by atoms with Crippen molar-refractivity contribution in [1.29, 1.82) is 0 Å². The lowest BCUT2D eigenvalue weighted by Crippen LogP contribution is -2.17. The Hall–Kier alpha value is -1.05. The molecule has 0 aliphatic carbocycles. The van der Waals surface area contributed by atoms with Crippen LogP contribution in [0.25, 0.3) is 6.08 Å². The van der Waals surface area contributed by atoms with Crippen LogP contribution in [0, 0.1) is 0 Å². The number of aromatic nitrogens is 2. The van der Waals surface area contributed by atoms with Gasteiger partial charge in [0.1, 0.15) is 5.60 Å². The molecule has 0 radical (unpaired) electrons. The van der Waals surface area contributed by atoms with Gasteiger partial charge in [0.25, 0.3) is 5.89 Å². The zero-order valence-electron chi connectivity index (χ0n) is 7.67. The first-order valence-electron chi connectivity index (χ1n) is 3.74. The second-order valence-electron chi connectivity index (χ2n) is 3.09. The SMILES string of the molecule is CC(C)(O)c1noc(/C=C/S(=O)O)n1. The maximum absolute atomic E-state index is 10.3. The first-order chi connectivity index (χ1) is 6.39. The summed E-state index contributed by atoms with van der Waals surface area (Å²) in [5.41, 5.74) is -1.19.